The van der Waals surface area contributed by atoms with Crippen LogP contribution >= 0.6 is 15.9 Å². The lowest BCUT2D eigenvalue weighted by Crippen LogP contribution is -2.37. The van der Waals surface area contributed by atoms with Crippen LogP contribution < -0.4 is 10.2 Å². The van der Waals surface area contributed by atoms with Crippen LogP contribution in [0.25, 0.3) is 0 Å². The van der Waals surface area contributed by atoms with E-state index in [1.54, 1.807) is 0 Å². The second-order valence-corrected chi connectivity index (χ2v) is 5.60. The molecule has 1 aliphatic rings. The number of carbonyl (C=O) groups is 1. The number of halogens is 1. The first-order chi connectivity index (χ1) is 8.68. The second kappa shape index (κ2) is 6.20. The molecule has 0 bridgehead atoms. The van der Waals surface area contributed by atoms with Crippen molar-refractivity contribution in [2.75, 3.05) is 36.5 Å². The van der Waals surface area contributed by atoms with E-state index in [1.807, 2.05) is 31.2 Å². The van der Waals surface area contributed by atoms with Crippen LogP contribution in [0.4, 0.5) is 11.4 Å². The number of morpholine rings is 1. The molecule has 0 aliphatic carbocycles. The number of nitrogens with zero attached hydrogens (tertiary/aromatic N) is 1. The number of hydrogen-bond donors (Lipinski definition) is 1. The first kappa shape index (κ1) is 13.4. The molecule has 2 rings (SSSR count). The Kier molecular flexibility index (Phi) is 4.60. The van der Waals surface area contributed by atoms with E-state index in [9.17, 15) is 4.79 Å². The highest BCUT2D eigenvalue weighted by Crippen LogP contribution is 2.26. The number of amides is 1. The molecule has 0 radical (unpaired) electrons. The van der Waals surface area contributed by atoms with Crippen molar-refractivity contribution in [1.29, 1.82) is 0 Å². The van der Waals surface area contributed by atoms with E-state index in [0.29, 0.717) is 0 Å². The smallest absolute Gasteiger partial charge is 0.237 e. The molecule has 1 heterocycles. The molecule has 1 aromatic carbocycles. The van der Waals surface area contributed by atoms with Gasteiger partial charge in [-0.3, -0.25) is 4.79 Å². The second-order valence-electron chi connectivity index (χ2n) is 4.22. The van der Waals surface area contributed by atoms with E-state index in [4.69, 9.17) is 4.74 Å². The van der Waals surface area contributed by atoms with Crippen molar-refractivity contribution in [3.05, 3.63) is 24.3 Å². The normalized spacial score (nSPS) is 17.3. The van der Waals surface area contributed by atoms with E-state index >= 15 is 0 Å². The summed E-state index contributed by atoms with van der Waals surface area (Å²) in [4.78, 5) is 13.8. The average Bonchev–Trinajstić information content (AvgIpc) is 2.40. The summed E-state index contributed by atoms with van der Waals surface area (Å²) in [5.74, 6) is -0.0318. The lowest BCUT2D eigenvalue weighted by atomic mass is 10.2. The van der Waals surface area contributed by atoms with Gasteiger partial charge in [-0.1, -0.05) is 28.1 Å². The SMILES string of the molecule is CC(Br)C(=O)Nc1ccccc1N1CCOCC1. The molecule has 1 amide bonds. The molecule has 0 spiro atoms. The molecule has 0 saturated carbocycles. The number of ether oxygens (including phenoxy) is 1. The highest BCUT2D eigenvalue weighted by Gasteiger charge is 2.16. The van der Waals surface area contributed by atoms with Crippen LogP contribution in [-0.2, 0) is 9.53 Å². The Hall–Kier alpha value is -1.07. The monoisotopic (exact) mass is 312 g/mol. The van der Waals surface area contributed by atoms with Gasteiger partial charge in [0, 0.05) is 13.1 Å². The van der Waals surface area contributed by atoms with Gasteiger partial charge in [0.15, 0.2) is 0 Å². The molecule has 98 valence electrons. The number of hydrogen-bond acceptors (Lipinski definition) is 3. The minimum Gasteiger partial charge on any atom is -0.378 e. The van der Waals surface area contributed by atoms with Gasteiger partial charge in [0.1, 0.15) is 0 Å². The van der Waals surface area contributed by atoms with E-state index in [0.717, 1.165) is 37.7 Å². The Labute approximate surface area is 115 Å². The highest BCUT2D eigenvalue weighted by atomic mass is 79.9. The Morgan fingerprint density at radius 3 is 2.72 bits per heavy atom. The first-order valence-electron chi connectivity index (χ1n) is 6.05. The third-order valence-corrected chi connectivity index (χ3v) is 3.29. The maximum Gasteiger partial charge on any atom is 0.237 e. The van der Waals surface area contributed by atoms with Crippen molar-refractivity contribution < 1.29 is 9.53 Å². The molecule has 4 nitrogen and oxygen atoms in total. The van der Waals surface area contributed by atoms with Crippen molar-refractivity contribution >= 4 is 33.2 Å². The maximum absolute atomic E-state index is 11.7. The standard InChI is InChI=1S/C13H17BrN2O2/c1-10(14)13(17)15-11-4-2-3-5-12(11)16-6-8-18-9-7-16/h2-5,10H,6-9H2,1H3,(H,15,17). The summed E-state index contributed by atoms with van der Waals surface area (Å²) >= 11 is 3.27. The summed E-state index contributed by atoms with van der Waals surface area (Å²) in [7, 11) is 0. The summed E-state index contributed by atoms with van der Waals surface area (Å²) in [6, 6.07) is 7.87. The van der Waals surface area contributed by atoms with Crippen LogP contribution in [0.5, 0.6) is 0 Å². The lowest BCUT2D eigenvalue weighted by molar-refractivity contribution is -0.115. The molecular formula is C13H17BrN2O2. The zero-order valence-electron chi connectivity index (χ0n) is 10.4. The number of rotatable bonds is 3. The van der Waals surface area contributed by atoms with E-state index in [2.05, 4.69) is 26.1 Å². The Morgan fingerprint density at radius 1 is 1.39 bits per heavy atom. The number of anilines is 2. The first-order valence-corrected chi connectivity index (χ1v) is 6.96. The van der Waals surface area contributed by atoms with Gasteiger partial charge >= 0.3 is 0 Å². The molecule has 1 N–H and O–H groups in total. The largest absolute Gasteiger partial charge is 0.378 e. The summed E-state index contributed by atoms with van der Waals surface area (Å²) in [6.45, 7) is 4.99. The average molecular weight is 313 g/mol. The minimum atomic E-state index is -0.199. The molecule has 1 aliphatic heterocycles. The van der Waals surface area contributed by atoms with Crippen LogP contribution in [0.15, 0.2) is 24.3 Å². The Bertz CT molecular complexity index is 417. The molecular weight excluding hydrogens is 296 g/mol. The number of para-hydroxylation sites is 2. The molecule has 0 aromatic heterocycles. The van der Waals surface area contributed by atoms with Crippen LogP contribution in [0.1, 0.15) is 6.92 Å². The predicted molar refractivity (Wildman–Crippen MR) is 76.5 cm³/mol. The van der Waals surface area contributed by atoms with Gasteiger partial charge in [-0.25, -0.2) is 0 Å². The van der Waals surface area contributed by atoms with Gasteiger partial charge in [0.05, 0.1) is 29.4 Å². The third-order valence-electron chi connectivity index (χ3n) is 2.87. The van der Waals surface area contributed by atoms with Crippen molar-refractivity contribution in [3.63, 3.8) is 0 Å². The van der Waals surface area contributed by atoms with E-state index in [1.165, 1.54) is 0 Å². The zero-order valence-corrected chi connectivity index (χ0v) is 11.9. The summed E-state index contributed by atoms with van der Waals surface area (Å²) < 4.78 is 5.34. The molecule has 1 aromatic rings. The van der Waals surface area contributed by atoms with Crippen LogP contribution in [0, 0.1) is 0 Å². The fourth-order valence-electron chi connectivity index (χ4n) is 1.89. The summed E-state index contributed by atoms with van der Waals surface area (Å²) in [5.41, 5.74) is 1.91. The molecule has 1 unspecified atom stereocenters. The van der Waals surface area contributed by atoms with Crippen LogP contribution in [0.3, 0.4) is 0 Å². The third kappa shape index (κ3) is 3.23. The predicted octanol–water partition coefficient (Wildman–Crippen LogP) is 2.25. The van der Waals surface area contributed by atoms with Crippen LogP contribution in [-0.4, -0.2) is 37.0 Å². The van der Waals surface area contributed by atoms with Crippen molar-refractivity contribution in [2.45, 2.75) is 11.8 Å². The van der Waals surface area contributed by atoms with Gasteiger partial charge in [-0.2, -0.15) is 0 Å². The molecule has 1 fully saturated rings. The maximum atomic E-state index is 11.7. The van der Waals surface area contributed by atoms with E-state index in [-0.39, 0.29) is 10.7 Å². The van der Waals surface area contributed by atoms with Crippen molar-refractivity contribution in [3.8, 4) is 0 Å². The molecule has 1 atom stereocenters. The fraction of sp³-hybridized carbons (Fsp3) is 0.462. The van der Waals surface area contributed by atoms with Gasteiger partial charge in [-0.05, 0) is 19.1 Å². The molecule has 5 heteroatoms. The number of nitrogens with one attached hydrogen (secondary N) is 1. The number of alkyl halides is 1. The Balaban J connectivity index is 2.16. The van der Waals surface area contributed by atoms with E-state index < -0.39 is 0 Å². The van der Waals surface area contributed by atoms with Gasteiger partial charge < -0.3 is 15.0 Å². The lowest BCUT2D eigenvalue weighted by Gasteiger charge is -2.30. The minimum absolute atomic E-state index is 0.0318. The van der Waals surface area contributed by atoms with Gasteiger partial charge in [0.2, 0.25) is 5.91 Å². The van der Waals surface area contributed by atoms with Crippen LogP contribution in [0.2, 0.25) is 0 Å². The molecule has 1 saturated heterocycles. The van der Waals surface area contributed by atoms with Gasteiger partial charge in [0.25, 0.3) is 0 Å². The molecule has 18 heavy (non-hydrogen) atoms. The fourth-order valence-corrected chi connectivity index (χ4v) is 2.01. The topological polar surface area (TPSA) is 41.6 Å². The number of benzene rings is 1. The summed E-state index contributed by atoms with van der Waals surface area (Å²) in [5, 5.41) is 2.94. The highest BCUT2D eigenvalue weighted by molar-refractivity contribution is 9.10. The summed E-state index contributed by atoms with van der Waals surface area (Å²) in [6.07, 6.45) is 0. The van der Waals surface area contributed by atoms with Gasteiger partial charge in [-0.15, -0.1) is 0 Å². The Morgan fingerprint density at radius 2 is 2.06 bits per heavy atom. The number of carbonyl (C=O) groups excluding carboxylic acids is 1. The van der Waals surface area contributed by atoms with Crippen molar-refractivity contribution in [2.24, 2.45) is 0 Å². The van der Waals surface area contributed by atoms with Crippen molar-refractivity contribution in [1.82, 2.24) is 0 Å². The quantitative estimate of drug-likeness (QED) is 0.870. The zero-order chi connectivity index (χ0) is 13.0.